The van der Waals surface area contributed by atoms with Gasteiger partial charge in [0.15, 0.2) is 18.2 Å². The van der Waals surface area contributed by atoms with Crippen LogP contribution in [0.25, 0.3) is 10.8 Å². The number of carbonyl (C=O) groups is 1. The Balaban J connectivity index is 1.71. The van der Waals surface area contributed by atoms with Crippen LogP contribution < -0.4 is 16.6 Å². The molecule has 128 valence electrons. The zero-order chi connectivity index (χ0) is 17.3. The summed E-state index contributed by atoms with van der Waals surface area (Å²) < 4.78 is 4.95. The number of aliphatic hydroxyl groups excluding tert-OH is 3. The van der Waals surface area contributed by atoms with Gasteiger partial charge in [0.2, 0.25) is 0 Å². The topological polar surface area (TPSA) is 163 Å². The smallest absolute Gasteiger partial charge is 0.270 e. The molecule has 1 aromatic heterocycles. The predicted molar refractivity (Wildman–Crippen MR) is 82.2 cm³/mol. The molecule has 1 aliphatic heterocycles. The number of hydrogen-bond acceptors (Lipinski definition) is 9. The Morgan fingerprint density at radius 3 is 2.75 bits per heavy atom. The van der Waals surface area contributed by atoms with Crippen molar-refractivity contribution in [1.82, 2.24) is 15.6 Å². The van der Waals surface area contributed by atoms with Gasteiger partial charge in [-0.2, -0.15) is 5.10 Å². The number of carbonyl (C=O) groups excluding carboxylic acids is 1. The molecule has 1 aliphatic rings. The van der Waals surface area contributed by atoms with Crippen molar-refractivity contribution >= 4 is 22.5 Å². The number of rotatable bonds is 3. The molecule has 3 rings (SSSR count). The predicted octanol–water partition coefficient (Wildman–Crippen LogP) is -2.16. The standard InChI is InChI=1S/C14H17N5O5/c15-8-9(20)10(21)11(24-14(8)23)13(22)19-18-12-7-4-2-1-3-6(7)5-16-17-12/h1-5,8-11,14,20-21,23H,15H2,(H,17,18)(H,19,22)/t8?,9?,10-,11?,14+/m0/s1. The number of amides is 1. The van der Waals surface area contributed by atoms with Crippen LogP contribution in [-0.4, -0.2) is 62.1 Å². The largest absolute Gasteiger partial charge is 0.388 e. The van der Waals surface area contributed by atoms with E-state index >= 15 is 0 Å². The molecule has 0 radical (unpaired) electrons. The van der Waals surface area contributed by atoms with E-state index in [-0.39, 0.29) is 0 Å². The average Bonchev–Trinajstić information content (AvgIpc) is 2.60. The highest BCUT2D eigenvalue weighted by Gasteiger charge is 2.45. The highest BCUT2D eigenvalue weighted by Crippen LogP contribution is 2.20. The molecule has 1 amide bonds. The minimum absolute atomic E-state index is 0.296. The maximum absolute atomic E-state index is 12.1. The Bertz CT molecular complexity index is 739. The first-order valence-corrected chi connectivity index (χ1v) is 7.20. The number of ether oxygens (including phenoxy) is 1. The molecule has 3 unspecified atom stereocenters. The molecule has 2 heterocycles. The van der Waals surface area contributed by atoms with Gasteiger partial charge in [0.25, 0.3) is 5.91 Å². The molecule has 7 N–H and O–H groups in total. The lowest BCUT2D eigenvalue weighted by Gasteiger charge is -2.38. The molecule has 0 saturated carbocycles. The van der Waals surface area contributed by atoms with Crippen LogP contribution in [0.1, 0.15) is 0 Å². The lowest BCUT2D eigenvalue weighted by Crippen LogP contribution is -2.64. The van der Waals surface area contributed by atoms with Crippen molar-refractivity contribution in [3.8, 4) is 0 Å². The number of anilines is 1. The molecule has 2 aromatic rings. The Kier molecular flexibility index (Phi) is 4.55. The van der Waals surface area contributed by atoms with Gasteiger partial charge in [-0.05, 0) is 0 Å². The number of aromatic nitrogens is 2. The quantitative estimate of drug-likeness (QED) is 0.343. The summed E-state index contributed by atoms with van der Waals surface area (Å²) >= 11 is 0. The van der Waals surface area contributed by atoms with Crippen molar-refractivity contribution in [2.75, 3.05) is 5.43 Å². The summed E-state index contributed by atoms with van der Waals surface area (Å²) in [6, 6.07) is 6.06. The van der Waals surface area contributed by atoms with Gasteiger partial charge in [0.05, 0.1) is 12.2 Å². The van der Waals surface area contributed by atoms with Crippen LogP contribution in [0.5, 0.6) is 0 Å². The summed E-state index contributed by atoms with van der Waals surface area (Å²) in [7, 11) is 0. The molecule has 24 heavy (non-hydrogen) atoms. The Labute approximate surface area is 136 Å². The van der Waals surface area contributed by atoms with E-state index in [0.717, 1.165) is 10.8 Å². The number of nitrogens with two attached hydrogens (primary N) is 1. The van der Waals surface area contributed by atoms with Gasteiger partial charge >= 0.3 is 0 Å². The molecular weight excluding hydrogens is 318 g/mol. The van der Waals surface area contributed by atoms with Crippen molar-refractivity contribution < 1.29 is 24.9 Å². The zero-order valence-electron chi connectivity index (χ0n) is 12.4. The third kappa shape index (κ3) is 3.00. The molecular formula is C14H17N5O5. The Morgan fingerprint density at radius 1 is 1.21 bits per heavy atom. The minimum atomic E-state index is -1.58. The monoisotopic (exact) mass is 335 g/mol. The Hall–Kier alpha value is -2.37. The Morgan fingerprint density at radius 2 is 1.96 bits per heavy atom. The van der Waals surface area contributed by atoms with Crippen LogP contribution in [-0.2, 0) is 9.53 Å². The number of nitrogens with zero attached hydrogens (tertiary/aromatic N) is 2. The average molecular weight is 335 g/mol. The number of nitrogens with one attached hydrogen (secondary N) is 2. The summed E-state index contributed by atoms with van der Waals surface area (Å²) in [5.74, 6) is -0.508. The first kappa shape index (κ1) is 16.5. The summed E-state index contributed by atoms with van der Waals surface area (Å²) in [4.78, 5) is 12.1. The third-order valence-electron chi connectivity index (χ3n) is 3.80. The number of hydrogen-bond donors (Lipinski definition) is 6. The fraction of sp³-hybridized carbons (Fsp3) is 0.357. The van der Waals surface area contributed by atoms with Crippen LogP contribution in [0.4, 0.5) is 5.82 Å². The zero-order valence-corrected chi connectivity index (χ0v) is 12.4. The summed E-state index contributed by atoms with van der Waals surface area (Å²) in [5.41, 5.74) is 10.3. The second-order valence-corrected chi connectivity index (χ2v) is 5.40. The second-order valence-electron chi connectivity index (χ2n) is 5.40. The highest BCUT2D eigenvalue weighted by molar-refractivity contribution is 5.92. The van der Waals surface area contributed by atoms with E-state index in [2.05, 4.69) is 21.0 Å². The van der Waals surface area contributed by atoms with E-state index in [0.29, 0.717) is 5.82 Å². The van der Waals surface area contributed by atoms with E-state index < -0.39 is 36.6 Å². The van der Waals surface area contributed by atoms with Crippen LogP contribution in [0.3, 0.4) is 0 Å². The second kappa shape index (κ2) is 6.63. The van der Waals surface area contributed by atoms with Crippen LogP contribution in [0, 0.1) is 0 Å². The van der Waals surface area contributed by atoms with E-state index in [9.17, 15) is 20.1 Å². The summed E-state index contributed by atoms with van der Waals surface area (Å²) in [5, 5.41) is 38.4. The fourth-order valence-corrected chi connectivity index (χ4v) is 2.43. The molecule has 0 bridgehead atoms. The maximum Gasteiger partial charge on any atom is 0.270 e. The van der Waals surface area contributed by atoms with E-state index in [4.69, 9.17) is 10.5 Å². The van der Waals surface area contributed by atoms with Gasteiger partial charge in [0, 0.05) is 10.8 Å². The van der Waals surface area contributed by atoms with Crippen LogP contribution in [0.15, 0.2) is 30.5 Å². The lowest BCUT2D eigenvalue weighted by atomic mass is 9.97. The van der Waals surface area contributed by atoms with Gasteiger partial charge in [0.1, 0.15) is 12.2 Å². The lowest BCUT2D eigenvalue weighted by molar-refractivity contribution is -0.238. The molecule has 0 aliphatic carbocycles. The molecule has 10 nitrogen and oxygen atoms in total. The molecule has 0 spiro atoms. The minimum Gasteiger partial charge on any atom is -0.388 e. The number of aliphatic hydroxyl groups is 3. The first-order valence-electron chi connectivity index (χ1n) is 7.20. The van der Waals surface area contributed by atoms with Gasteiger partial charge < -0.3 is 25.8 Å². The highest BCUT2D eigenvalue weighted by atomic mass is 16.6. The van der Waals surface area contributed by atoms with E-state index in [1.807, 2.05) is 12.1 Å². The van der Waals surface area contributed by atoms with Gasteiger partial charge in [-0.25, -0.2) is 0 Å². The fourth-order valence-electron chi connectivity index (χ4n) is 2.43. The number of benzene rings is 1. The van der Waals surface area contributed by atoms with Gasteiger partial charge in [-0.15, -0.1) is 5.10 Å². The van der Waals surface area contributed by atoms with Crippen LogP contribution in [0.2, 0.25) is 0 Å². The SMILES string of the molecule is NC1C(O)[C@H](O)C(C(=O)NNc2nncc3ccccc23)O[C@H]1O. The molecule has 1 saturated heterocycles. The van der Waals surface area contributed by atoms with Crippen molar-refractivity contribution in [3.05, 3.63) is 30.5 Å². The molecule has 10 heteroatoms. The van der Waals surface area contributed by atoms with Crippen LogP contribution >= 0.6 is 0 Å². The summed E-state index contributed by atoms with van der Waals surface area (Å²) in [6.45, 7) is 0. The van der Waals surface area contributed by atoms with Gasteiger partial charge in [-0.1, -0.05) is 24.3 Å². The molecule has 1 aromatic carbocycles. The summed E-state index contributed by atoms with van der Waals surface area (Å²) in [6.07, 6.45) is -4.57. The van der Waals surface area contributed by atoms with Crippen molar-refractivity contribution in [3.63, 3.8) is 0 Å². The first-order chi connectivity index (χ1) is 11.5. The van der Waals surface area contributed by atoms with Crippen molar-refractivity contribution in [1.29, 1.82) is 0 Å². The number of fused-ring (bicyclic) bond motifs is 1. The van der Waals surface area contributed by atoms with E-state index in [1.54, 1.807) is 18.3 Å². The maximum atomic E-state index is 12.1. The third-order valence-corrected chi connectivity index (χ3v) is 3.80. The molecule has 5 atom stereocenters. The van der Waals surface area contributed by atoms with Gasteiger partial charge in [-0.3, -0.25) is 15.6 Å². The van der Waals surface area contributed by atoms with Crippen molar-refractivity contribution in [2.45, 2.75) is 30.6 Å². The normalized spacial score (nSPS) is 30.1. The van der Waals surface area contributed by atoms with Crippen molar-refractivity contribution in [2.24, 2.45) is 5.73 Å². The number of hydrazine groups is 1. The van der Waals surface area contributed by atoms with E-state index in [1.165, 1.54) is 0 Å². The molecule has 1 fully saturated rings.